The van der Waals surface area contributed by atoms with Gasteiger partial charge in [-0.25, -0.2) is 14.4 Å². The maximum absolute atomic E-state index is 13.8. The first-order chi connectivity index (χ1) is 37.9. The Balaban J connectivity index is 1.99. The number of anilines is 4. The van der Waals surface area contributed by atoms with Crippen LogP contribution in [0.15, 0.2) is 48.5 Å². The summed E-state index contributed by atoms with van der Waals surface area (Å²) >= 11 is 0. The Kier molecular flexibility index (Phi) is 24.3. The molecule has 0 unspecified atom stereocenters. The molecule has 80 heavy (non-hydrogen) atoms. The highest BCUT2D eigenvalue weighted by Gasteiger charge is 2.28. The van der Waals surface area contributed by atoms with Crippen LogP contribution in [-0.4, -0.2) is 67.4 Å². The Morgan fingerprint density at radius 2 is 0.550 bits per heavy atom. The molecule has 4 amide bonds. The number of amides is 4. The monoisotopic (exact) mass is 1110 g/mol. The van der Waals surface area contributed by atoms with Crippen molar-refractivity contribution in [3.05, 3.63) is 93.0 Å². The zero-order valence-corrected chi connectivity index (χ0v) is 50.8. The Labute approximate surface area is 477 Å². The number of hydrogen-bond acceptors (Lipinski definition) is 11. The van der Waals surface area contributed by atoms with Crippen LogP contribution in [0.4, 0.5) is 37.1 Å². The van der Waals surface area contributed by atoms with E-state index in [1.807, 2.05) is 111 Å². The van der Waals surface area contributed by atoms with E-state index < -0.39 is 35.1 Å². The summed E-state index contributed by atoms with van der Waals surface area (Å²) < 4.78 is 45.4. The minimum atomic E-state index is -0.783. The quantitative estimate of drug-likeness (QED) is 0.0341. The molecule has 0 heterocycles. The topological polar surface area (TPSA) is 181 Å². The van der Waals surface area contributed by atoms with Crippen molar-refractivity contribution in [2.45, 2.75) is 216 Å². The van der Waals surface area contributed by atoms with Gasteiger partial charge in [0.05, 0.1) is 26.4 Å². The van der Waals surface area contributed by atoms with E-state index in [9.17, 15) is 19.2 Å². The zero-order chi connectivity index (χ0) is 58.6. The summed E-state index contributed by atoms with van der Waals surface area (Å²) in [5.41, 5.74) is 5.66. The molecule has 1 aliphatic rings. The van der Waals surface area contributed by atoms with Gasteiger partial charge in [0.2, 0.25) is 5.91 Å². The smallest absolute Gasteiger partial charge is 0.412 e. The largest absolute Gasteiger partial charge is 0.493 e. The van der Waals surface area contributed by atoms with Crippen LogP contribution < -0.4 is 40.2 Å². The van der Waals surface area contributed by atoms with Crippen molar-refractivity contribution in [1.82, 2.24) is 0 Å². The first kappa shape index (κ1) is 64.2. The predicted molar refractivity (Wildman–Crippen MR) is 321 cm³/mol. The number of nitrogens with one attached hydrogen (secondary N) is 4. The molecule has 0 spiro atoms. The number of ether oxygens (including phenoxy) is 7. The van der Waals surface area contributed by atoms with Crippen molar-refractivity contribution in [3.8, 4) is 23.0 Å². The lowest BCUT2D eigenvalue weighted by molar-refractivity contribution is -0.114. The van der Waals surface area contributed by atoms with Crippen LogP contribution >= 0.6 is 0 Å². The van der Waals surface area contributed by atoms with Gasteiger partial charge < -0.3 is 38.5 Å². The Bertz CT molecular complexity index is 2570. The van der Waals surface area contributed by atoms with E-state index in [4.69, 9.17) is 33.2 Å². The fraction of sp³-hybridized carbons (Fsp3) is 0.569. The molecular weight excluding hydrogens is 1010 g/mol. The molecule has 4 aromatic rings. The van der Waals surface area contributed by atoms with Crippen LogP contribution in [0.25, 0.3) is 0 Å². The van der Waals surface area contributed by atoms with Gasteiger partial charge in [-0.05, 0) is 137 Å². The van der Waals surface area contributed by atoms with Crippen molar-refractivity contribution in [1.29, 1.82) is 0 Å². The number of carbonyl (C=O) groups is 4. The summed E-state index contributed by atoms with van der Waals surface area (Å²) in [7, 11) is 0. The molecule has 0 aliphatic heterocycles. The summed E-state index contributed by atoms with van der Waals surface area (Å²) in [6.07, 6.45) is 10.1. The molecule has 5 rings (SSSR count). The molecule has 4 aromatic carbocycles. The van der Waals surface area contributed by atoms with E-state index in [0.29, 0.717) is 72.2 Å². The van der Waals surface area contributed by atoms with Gasteiger partial charge in [0, 0.05) is 99.9 Å². The van der Waals surface area contributed by atoms with E-state index in [1.165, 1.54) is 6.92 Å². The normalized spacial score (nSPS) is 12.4. The van der Waals surface area contributed by atoms with Gasteiger partial charge in [0.25, 0.3) is 0 Å². The summed E-state index contributed by atoms with van der Waals surface area (Å²) in [5.74, 6) is 2.26. The zero-order valence-electron chi connectivity index (χ0n) is 50.8. The highest BCUT2D eigenvalue weighted by atomic mass is 16.6. The molecule has 15 nitrogen and oxygen atoms in total. The molecule has 0 radical (unpaired) electrons. The summed E-state index contributed by atoms with van der Waals surface area (Å²) in [6, 6.07) is 15.4. The van der Waals surface area contributed by atoms with Gasteiger partial charge in [-0.2, -0.15) is 0 Å². The predicted octanol–water partition coefficient (Wildman–Crippen LogP) is 16.6. The minimum absolute atomic E-state index is 0.226. The first-order valence-electron chi connectivity index (χ1n) is 29.3. The highest BCUT2D eigenvalue weighted by Crippen LogP contribution is 2.43. The number of rotatable bonds is 24. The van der Waals surface area contributed by atoms with Crippen molar-refractivity contribution in [3.63, 3.8) is 0 Å². The van der Waals surface area contributed by atoms with Gasteiger partial charge in [-0.1, -0.05) is 79.1 Å². The maximum Gasteiger partial charge on any atom is 0.412 e. The second kappa shape index (κ2) is 30.3. The highest BCUT2D eigenvalue weighted by molar-refractivity contribution is 5.90. The van der Waals surface area contributed by atoms with Crippen LogP contribution in [0.5, 0.6) is 23.0 Å². The minimum Gasteiger partial charge on any atom is -0.493 e. The van der Waals surface area contributed by atoms with E-state index >= 15 is 0 Å². The third-order valence-corrected chi connectivity index (χ3v) is 12.7. The second-order valence-corrected chi connectivity index (χ2v) is 24.0. The first-order valence-corrected chi connectivity index (χ1v) is 29.3. The van der Waals surface area contributed by atoms with Crippen LogP contribution in [0.2, 0.25) is 0 Å². The van der Waals surface area contributed by atoms with Gasteiger partial charge in [0.15, 0.2) is 0 Å². The number of carbonyl (C=O) groups excluding carboxylic acids is 4. The van der Waals surface area contributed by atoms with E-state index in [2.05, 4.69) is 49.0 Å². The lowest BCUT2D eigenvalue weighted by Crippen LogP contribution is -2.27. The molecular formula is C65H94N4O11. The maximum atomic E-state index is 13.8. The fourth-order valence-corrected chi connectivity index (χ4v) is 9.49. The molecule has 0 saturated carbocycles. The fourth-order valence-electron chi connectivity index (χ4n) is 9.49. The Morgan fingerprint density at radius 1 is 0.350 bits per heavy atom. The number of fused-ring (bicyclic) bond motifs is 8. The van der Waals surface area contributed by atoms with Crippen molar-refractivity contribution in [2.24, 2.45) is 0 Å². The third kappa shape index (κ3) is 21.4. The van der Waals surface area contributed by atoms with Crippen LogP contribution in [0.3, 0.4) is 0 Å². The average Bonchev–Trinajstić information content (AvgIpc) is 3.32. The third-order valence-electron chi connectivity index (χ3n) is 12.7. The molecule has 0 aromatic heterocycles. The van der Waals surface area contributed by atoms with E-state index in [0.717, 1.165) is 122 Å². The van der Waals surface area contributed by atoms with Crippen molar-refractivity contribution < 1.29 is 52.3 Å². The lowest BCUT2D eigenvalue weighted by Gasteiger charge is -2.26. The van der Waals surface area contributed by atoms with Crippen molar-refractivity contribution >= 4 is 46.9 Å². The number of hydrogen-bond donors (Lipinski definition) is 4. The molecule has 1 aliphatic carbocycles. The van der Waals surface area contributed by atoms with Gasteiger partial charge in [0.1, 0.15) is 39.8 Å². The average molecular weight is 1110 g/mol. The molecule has 440 valence electrons. The molecule has 8 bridgehead atoms. The van der Waals surface area contributed by atoms with Crippen LogP contribution in [0.1, 0.15) is 218 Å². The Hall–Kier alpha value is -6.64. The standard InChI is InChI=1S/C65H94N4O11/c1-15-19-23-27-74-56-44-31-46-37-53(67-60(71)78-63(6,7)8)39-48(57(46)75-28-24-20-16-2)33-50-41-55(69-62(73)80-65(12,13)14)42-51(59(50)77-30-26-22-18-4)34-49-40-54(68-61(72)79-64(9,10)11)38-47(58(49)76-29-25-21-17-3)32-45(56)36-52(35-44)66-43(5)70/h35-42H,15-34H2,1-14H3,(H,66,70)(H,67,71)(H,68,72)(H,69,73). The molecule has 0 saturated heterocycles. The van der Waals surface area contributed by atoms with Gasteiger partial charge >= 0.3 is 18.3 Å². The lowest BCUT2D eigenvalue weighted by atomic mass is 9.90. The molecule has 0 atom stereocenters. The van der Waals surface area contributed by atoms with Crippen LogP contribution in [0, 0.1) is 0 Å². The van der Waals surface area contributed by atoms with Gasteiger partial charge in [-0.15, -0.1) is 0 Å². The van der Waals surface area contributed by atoms with E-state index in [-0.39, 0.29) is 31.6 Å². The van der Waals surface area contributed by atoms with Crippen molar-refractivity contribution in [2.75, 3.05) is 47.7 Å². The summed E-state index contributed by atoms with van der Waals surface area (Å²) in [6.45, 7) is 28.2. The SMILES string of the molecule is CCCCCOc1c2cc(NC(C)=O)cc1Cc1cc(NC(=O)OC(C)(C)C)cc(c1OCCCCC)Cc1cc(NC(=O)OC(C)(C)C)cc(c1OCCCCC)Cc1cc(NC(=O)OC(C)(C)C)cc(c1OCCCCC)C2. The van der Waals surface area contributed by atoms with Crippen LogP contribution in [-0.2, 0) is 44.7 Å². The molecule has 0 fully saturated rings. The summed E-state index contributed by atoms with van der Waals surface area (Å²) in [5, 5.41) is 12.2. The Morgan fingerprint density at radius 3 is 0.725 bits per heavy atom. The van der Waals surface area contributed by atoms with Gasteiger partial charge in [-0.3, -0.25) is 20.7 Å². The molecule has 4 N–H and O–H groups in total. The number of unbranched alkanes of at least 4 members (excludes halogenated alkanes) is 8. The number of benzene rings is 4. The second-order valence-electron chi connectivity index (χ2n) is 24.0. The molecule has 15 heteroatoms. The van der Waals surface area contributed by atoms with E-state index in [1.54, 1.807) is 0 Å². The summed E-state index contributed by atoms with van der Waals surface area (Å²) in [4.78, 5) is 54.4.